The molecule has 0 amide bonds. The van der Waals surface area contributed by atoms with Gasteiger partial charge < -0.3 is 15.4 Å². The predicted octanol–water partition coefficient (Wildman–Crippen LogP) is 2.22. The first kappa shape index (κ1) is 15.9. The van der Waals surface area contributed by atoms with E-state index in [4.69, 9.17) is 11.6 Å². The summed E-state index contributed by atoms with van der Waals surface area (Å²) in [7, 11) is 0. The van der Waals surface area contributed by atoms with Crippen LogP contribution in [-0.2, 0) is 6.54 Å². The first-order valence-corrected chi connectivity index (χ1v) is 7.14. The van der Waals surface area contributed by atoms with Crippen molar-refractivity contribution >= 4 is 22.5 Å². The van der Waals surface area contributed by atoms with E-state index in [0.29, 0.717) is 28.3 Å². The number of rotatable bonds is 4. The summed E-state index contributed by atoms with van der Waals surface area (Å²) in [5, 5.41) is 14.4. The Morgan fingerprint density at radius 2 is 2.00 bits per heavy atom. The van der Waals surface area contributed by atoms with E-state index in [1.807, 2.05) is 13.8 Å². The summed E-state index contributed by atoms with van der Waals surface area (Å²) in [6.07, 6.45) is 0. The third kappa shape index (κ3) is 3.43. The van der Waals surface area contributed by atoms with Gasteiger partial charge in [0.1, 0.15) is 5.82 Å². The minimum atomic E-state index is -0.909. The van der Waals surface area contributed by atoms with E-state index >= 15 is 0 Å². The molecule has 5 nitrogen and oxygen atoms in total. The second-order valence-corrected chi connectivity index (χ2v) is 6.65. The number of aliphatic hydroxyl groups is 1. The van der Waals surface area contributed by atoms with Crippen LogP contribution in [0.5, 0.6) is 0 Å². The normalized spacial score (nSPS) is 12.9. The highest BCUT2D eigenvalue weighted by molar-refractivity contribution is 6.31. The molecule has 3 N–H and O–H groups in total. The van der Waals surface area contributed by atoms with Gasteiger partial charge in [0, 0.05) is 10.6 Å². The first-order chi connectivity index (χ1) is 9.60. The van der Waals surface area contributed by atoms with Crippen LogP contribution < -0.4 is 10.9 Å². The Bertz CT molecular complexity index is 717. The fourth-order valence-corrected chi connectivity index (χ4v) is 1.93. The van der Waals surface area contributed by atoms with Crippen LogP contribution in [0.2, 0.25) is 5.02 Å². The summed E-state index contributed by atoms with van der Waals surface area (Å²) in [6.45, 7) is 7.59. The Labute approximate surface area is 128 Å². The van der Waals surface area contributed by atoms with E-state index < -0.39 is 11.1 Å². The quantitative estimate of drug-likeness (QED) is 0.809. The molecular formula is C15H20ClN3O2. The molecule has 2 rings (SSSR count). The topological polar surface area (TPSA) is 78.0 Å². The maximum atomic E-state index is 12.0. The molecule has 0 saturated heterocycles. The number of aromatic nitrogens is 2. The third-order valence-corrected chi connectivity index (χ3v) is 4.18. The van der Waals surface area contributed by atoms with E-state index in [1.54, 1.807) is 32.0 Å². The van der Waals surface area contributed by atoms with Crippen molar-refractivity contribution in [1.29, 1.82) is 0 Å². The fraction of sp³-hybridized carbons (Fsp3) is 0.467. The van der Waals surface area contributed by atoms with Gasteiger partial charge in [0.2, 0.25) is 0 Å². The number of fused-ring (bicyclic) bond motifs is 1. The number of hydrogen-bond donors (Lipinski definition) is 3. The van der Waals surface area contributed by atoms with Gasteiger partial charge in [0.15, 0.2) is 0 Å². The molecule has 0 spiro atoms. The highest BCUT2D eigenvalue weighted by Gasteiger charge is 2.34. The summed E-state index contributed by atoms with van der Waals surface area (Å²) >= 11 is 5.93. The van der Waals surface area contributed by atoms with Crippen molar-refractivity contribution in [1.82, 2.24) is 15.3 Å². The van der Waals surface area contributed by atoms with Gasteiger partial charge in [-0.15, -0.1) is 0 Å². The Balaban J connectivity index is 2.30. The van der Waals surface area contributed by atoms with E-state index in [1.165, 1.54) is 0 Å². The van der Waals surface area contributed by atoms with Crippen molar-refractivity contribution in [3.63, 3.8) is 0 Å². The van der Waals surface area contributed by atoms with Crippen LogP contribution in [0.25, 0.3) is 10.9 Å². The Morgan fingerprint density at radius 1 is 1.33 bits per heavy atom. The van der Waals surface area contributed by atoms with Gasteiger partial charge in [0.05, 0.1) is 23.0 Å². The Morgan fingerprint density at radius 3 is 2.62 bits per heavy atom. The highest BCUT2D eigenvalue weighted by atomic mass is 35.5. The summed E-state index contributed by atoms with van der Waals surface area (Å²) in [5.41, 5.74) is -1.08. The van der Waals surface area contributed by atoms with E-state index in [0.717, 1.165) is 0 Å². The van der Waals surface area contributed by atoms with E-state index in [2.05, 4.69) is 15.3 Å². The molecule has 21 heavy (non-hydrogen) atoms. The maximum absolute atomic E-state index is 12.0. The van der Waals surface area contributed by atoms with Crippen molar-refractivity contribution in [3.05, 3.63) is 39.4 Å². The molecule has 2 aromatic rings. The molecular weight excluding hydrogens is 290 g/mol. The maximum Gasteiger partial charge on any atom is 0.258 e. The second-order valence-electron chi connectivity index (χ2n) is 6.21. The lowest BCUT2D eigenvalue weighted by atomic mass is 9.86. The van der Waals surface area contributed by atoms with Gasteiger partial charge in [0.25, 0.3) is 5.56 Å². The number of H-pyrrole nitrogens is 1. The van der Waals surface area contributed by atoms with Crippen molar-refractivity contribution < 1.29 is 5.11 Å². The zero-order valence-electron chi connectivity index (χ0n) is 12.6. The van der Waals surface area contributed by atoms with Gasteiger partial charge in [-0.05, 0) is 45.9 Å². The first-order valence-electron chi connectivity index (χ1n) is 6.76. The van der Waals surface area contributed by atoms with Gasteiger partial charge >= 0.3 is 0 Å². The minimum Gasteiger partial charge on any atom is -0.389 e. The molecule has 0 unspecified atom stereocenters. The molecule has 0 aliphatic heterocycles. The highest BCUT2D eigenvalue weighted by Crippen LogP contribution is 2.21. The van der Waals surface area contributed by atoms with Crippen molar-refractivity contribution in [3.8, 4) is 0 Å². The molecule has 114 valence electrons. The monoisotopic (exact) mass is 309 g/mol. The average Bonchev–Trinajstić information content (AvgIpc) is 2.34. The van der Waals surface area contributed by atoms with E-state index in [-0.39, 0.29) is 5.56 Å². The molecule has 1 aromatic carbocycles. The van der Waals surface area contributed by atoms with Gasteiger partial charge in [-0.2, -0.15) is 0 Å². The van der Waals surface area contributed by atoms with Crippen molar-refractivity contribution in [2.75, 3.05) is 0 Å². The fourth-order valence-electron chi connectivity index (χ4n) is 1.77. The van der Waals surface area contributed by atoms with Crippen LogP contribution in [0, 0.1) is 0 Å². The SMILES string of the molecule is CC(C)(O)C(C)(C)NCc1nc2cc(Cl)ccc2c(=O)[nH]1. The summed E-state index contributed by atoms with van der Waals surface area (Å²) < 4.78 is 0. The number of nitrogens with one attached hydrogen (secondary N) is 2. The summed E-state index contributed by atoms with van der Waals surface area (Å²) in [6, 6.07) is 4.98. The lowest BCUT2D eigenvalue weighted by Crippen LogP contribution is -2.55. The van der Waals surface area contributed by atoms with Gasteiger partial charge in [-0.25, -0.2) is 4.98 Å². The van der Waals surface area contributed by atoms with Crippen LogP contribution in [0.1, 0.15) is 33.5 Å². The molecule has 0 aliphatic rings. The van der Waals surface area contributed by atoms with Gasteiger partial charge in [-0.1, -0.05) is 11.6 Å². The lowest BCUT2D eigenvalue weighted by molar-refractivity contribution is -0.00560. The third-order valence-electron chi connectivity index (χ3n) is 3.94. The van der Waals surface area contributed by atoms with Crippen molar-refractivity contribution in [2.24, 2.45) is 0 Å². The average molecular weight is 310 g/mol. The number of hydrogen-bond acceptors (Lipinski definition) is 4. The molecule has 6 heteroatoms. The Hall–Kier alpha value is -1.43. The van der Waals surface area contributed by atoms with Gasteiger partial charge in [-0.3, -0.25) is 4.79 Å². The van der Waals surface area contributed by atoms with Crippen LogP contribution in [0.15, 0.2) is 23.0 Å². The zero-order valence-corrected chi connectivity index (χ0v) is 13.4. The van der Waals surface area contributed by atoms with E-state index in [9.17, 15) is 9.90 Å². The summed E-state index contributed by atoms with van der Waals surface area (Å²) in [5.74, 6) is 0.507. The lowest BCUT2D eigenvalue weighted by Gasteiger charge is -2.38. The molecule has 1 heterocycles. The summed E-state index contributed by atoms with van der Waals surface area (Å²) in [4.78, 5) is 19.2. The van der Waals surface area contributed by atoms with Crippen LogP contribution in [0.3, 0.4) is 0 Å². The molecule has 0 atom stereocenters. The molecule has 0 aliphatic carbocycles. The Kier molecular flexibility index (Phi) is 4.10. The minimum absolute atomic E-state index is 0.200. The number of nitrogens with zero attached hydrogens (tertiary/aromatic N) is 1. The predicted molar refractivity (Wildman–Crippen MR) is 84.6 cm³/mol. The van der Waals surface area contributed by atoms with Crippen LogP contribution in [-0.4, -0.2) is 26.2 Å². The smallest absolute Gasteiger partial charge is 0.258 e. The largest absolute Gasteiger partial charge is 0.389 e. The number of halogens is 1. The van der Waals surface area contributed by atoms with Crippen LogP contribution >= 0.6 is 11.6 Å². The molecule has 0 fully saturated rings. The van der Waals surface area contributed by atoms with Crippen molar-refractivity contribution in [2.45, 2.75) is 45.4 Å². The molecule has 0 bridgehead atoms. The molecule has 1 aromatic heterocycles. The second kappa shape index (κ2) is 5.40. The number of benzene rings is 1. The van der Waals surface area contributed by atoms with Crippen LogP contribution in [0.4, 0.5) is 0 Å². The molecule has 0 saturated carbocycles. The zero-order chi connectivity index (χ0) is 15.8. The standard InChI is InChI=1S/C15H20ClN3O2/c1-14(2,15(3,4)21)17-8-12-18-11-7-9(16)5-6-10(11)13(20)19-12/h5-7,17,21H,8H2,1-4H3,(H,18,19,20). The number of aromatic amines is 1. The molecule has 0 radical (unpaired) electrons.